The van der Waals surface area contributed by atoms with Gasteiger partial charge in [0.15, 0.2) is 12.1 Å². The van der Waals surface area contributed by atoms with Crippen molar-refractivity contribution in [3.8, 4) is 0 Å². The van der Waals surface area contributed by atoms with Gasteiger partial charge in [-0.25, -0.2) is 12.4 Å². The van der Waals surface area contributed by atoms with Crippen LogP contribution in [0.15, 0.2) is 47.6 Å². The average molecular weight is 351 g/mol. The molecule has 2 aromatic rings. The Balaban J connectivity index is 2.15. The molecule has 1 heterocycles. The van der Waals surface area contributed by atoms with Gasteiger partial charge in [-0.3, -0.25) is 4.79 Å². The van der Waals surface area contributed by atoms with Crippen LogP contribution in [0.4, 0.5) is 0 Å². The third-order valence-electron chi connectivity index (χ3n) is 3.72. The molecule has 0 spiro atoms. The summed E-state index contributed by atoms with van der Waals surface area (Å²) in [4.78, 5) is 12.4. The summed E-state index contributed by atoms with van der Waals surface area (Å²) in [7, 11) is -0.687. The van der Waals surface area contributed by atoms with Crippen LogP contribution in [0.5, 0.6) is 0 Å². The van der Waals surface area contributed by atoms with E-state index in [1.807, 2.05) is 6.92 Å². The van der Waals surface area contributed by atoms with Crippen LogP contribution < -0.4 is 0 Å². The van der Waals surface area contributed by atoms with Crippen LogP contribution in [-0.2, 0) is 19.5 Å². The van der Waals surface area contributed by atoms with Gasteiger partial charge >= 0.3 is 0 Å². The number of hydrogen-bond acceptors (Lipinski definition) is 5. The second kappa shape index (κ2) is 7.74. The van der Waals surface area contributed by atoms with E-state index >= 15 is 0 Å². The fourth-order valence-electron chi connectivity index (χ4n) is 2.25. The zero-order valence-electron chi connectivity index (χ0n) is 13.9. The van der Waals surface area contributed by atoms with Gasteiger partial charge in [-0.1, -0.05) is 17.7 Å². The third-order valence-corrected chi connectivity index (χ3v) is 5.37. The molecule has 0 amide bonds. The lowest BCUT2D eigenvalue weighted by Crippen LogP contribution is -2.15. The van der Waals surface area contributed by atoms with Crippen molar-refractivity contribution >= 4 is 15.8 Å². The Bertz CT molecular complexity index is 789. The Hall–Kier alpha value is -1.96. The van der Waals surface area contributed by atoms with E-state index in [-0.39, 0.29) is 17.1 Å². The fraction of sp³-hybridized carbons (Fsp3) is 0.353. The topological polar surface area (TPSA) is 74.6 Å². The summed E-state index contributed by atoms with van der Waals surface area (Å²) in [5.74, 6) is -0.160. The Labute approximate surface area is 142 Å². The van der Waals surface area contributed by atoms with Crippen LogP contribution in [0.3, 0.4) is 0 Å². The number of carbonyl (C=O) groups is 1. The van der Waals surface area contributed by atoms with Gasteiger partial charge in [0.1, 0.15) is 0 Å². The smallest absolute Gasteiger partial charge is 0.267 e. The number of ether oxygens (including phenoxy) is 2. The first kappa shape index (κ1) is 18.4. The summed E-state index contributed by atoms with van der Waals surface area (Å²) in [6.45, 7) is 1.89. The Morgan fingerprint density at radius 2 is 1.75 bits per heavy atom. The van der Waals surface area contributed by atoms with Gasteiger partial charge in [0.05, 0.1) is 4.90 Å². The van der Waals surface area contributed by atoms with Crippen molar-refractivity contribution in [3.05, 3.63) is 53.9 Å². The molecule has 0 saturated carbocycles. The summed E-state index contributed by atoms with van der Waals surface area (Å²) in [5.41, 5.74) is 1.32. The minimum absolute atomic E-state index is 0.160. The van der Waals surface area contributed by atoms with Crippen LogP contribution in [0, 0.1) is 6.92 Å². The Kier molecular flexibility index (Phi) is 5.93. The lowest BCUT2D eigenvalue weighted by molar-refractivity contribution is -0.105. The normalized spacial score (nSPS) is 11.8. The van der Waals surface area contributed by atoms with Crippen LogP contribution in [0.1, 0.15) is 28.8 Å². The number of carbonyl (C=O) groups excluding carboxylic acids is 1. The molecular formula is C17H21NO5S. The number of ketones is 1. The van der Waals surface area contributed by atoms with Crippen molar-refractivity contribution in [1.82, 2.24) is 3.97 Å². The fourth-order valence-corrected chi connectivity index (χ4v) is 3.45. The molecular weight excluding hydrogens is 330 g/mol. The number of aromatic nitrogens is 1. The van der Waals surface area contributed by atoms with Gasteiger partial charge in [-0.2, -0.15) is 0 Å². The molecule has 1 aromatic carbocycles. The van der Waals surface area contributed by atoms with E-state index in [1.165, 1.54) is 32.7 Å². The molecule has 0 aliphatic rings. The molecule has 0 aliphatic carbocycles. The van der Waals surface area contributed by atoms with Crippen molar-refractivity contribution in [2.45, 2.75) is 31.0 Å². The predicted octanol–water partition coefficient (Wildman–Crippen LogP) is 2.62. The van der Waals surface area contributed by atoms with Gasteiger partial charge in [0.25, 0.3) is 10.0 Å². The molecule has 0 fully saturated rings. The number of aryl methyl sites for hydroxylation is 1. The summed E-state index contributed by atoms with van der Waals surface area (Å²) in [5, 5.41) is 0. The first-order valence-electron chi connectivity index (χ1n) is 7.47. The summed E-state index contributed by atoms with van der Waals surface area (Å²) in [6.07, 6.45) is 2.88. The van der Waals surface area contributed by atoms with Crippen molar-refractivity contribution in [2.24, 2.45) is 0 Å². The molecule has 0 bridgehead atoms. The first-order valence-corrected chi connectivity index (χ1v) is 8.91. The number of hydrogen-bond donors (Lipinski definition) is 0. The van der Waals surface area contributed by atoms with Crippen LogP contribution in [-0.4, -0.2) is 38.7 Å². The Morgan fingerprint density at radius 1 is 1.12 bits per heavy atom. The summed E-state index contributed by atoms with van der Waals surface area (Å²) in [6, 6.07) is 8.07. The van der Waals surface area contributed by atoms with Gasteiger partial charge in [-0.15, -0.1) is 0 Å². The maximum absolute atomic E-state index is 12.6. The van der Waals surface area contributed by atoms with Crippen molar-refractivity contribution in [1.29, 1.82) is 0 Å². The maximum Gasteiger partial charge on any atom is 0.267 e. The number of nitrogens with zero attached hydrogens (tertiary/aromatic N) is 1. The van der Waals surface area contributed by atoms with Crippen LogP contribution in [0.25, 0.3) is 0 Å². The van der Waals surface area contributed by atoms with Gasteiger partial charge < -0.3 is 9.47 Å². The highest BCUT2D eigenvalue weighted by Gasteiger charge is 2.19. The number of rotatable bonds is 8. The number of benzene rings is 1. The molecule has 130 valence electrons. The highest BCUT2D eigenvalue weighted by molar-refractivity contribution is 7.90. The van der Waals surface area contributed by atoms with E-state index in [9.17, 15) is 13.2 Å². The summed E-state index contributed by atoms with van der Waals surface area (Å²) >= 11 is 0. The third kappa shape index (κ3) is 4.11. The van der Waals surface area contributed by atoms with E-state index < -0.39 is 16.3 Å². The Morgan fingerprint density at radius 3 is 2.33 bits per heavy atom. The molecule has 0 radical (unpaired) electrons. The quantitative estimate of drug-likeness (QED) is 0.540. The van der Waals surface area contributed by atoms with Crippen molar-refractivity contribution in [3.63, 3.8) is 0 Å². The van der Waals surface area contributed by atoms with Crippen molar-refractivity contribution < 1.29 is 22.7 Å². The minimum atomic E-state index is -3.69. The zero-order valence-corrected chi connectivity index (χ0v) is 14.7. The van der Waals surface area contributed by atoms with E-state index in [1.54, 1.807) is 24.3 Å². The molecule has 0 unspecified atom stereocenters. The largest absolute Gasteiger partial charge is 0.356 e. The van der Waals surface area contributed by atoms with E-state index in [4.69, 9.17) is 9.47 Å². The average Bonchev–Trinajstić information content (AvgIpc) is 3.07. The SMILES string of the molecule is COC(CCC(=O)c1ccn(S(=O)(=O)c2ccc(C)cc2)c1)OC. The lowest BCUT2D eigenvalue weighted by atomic mass is 10.1. The lowest BCUT2D eigenvalue weighted by Gasteiger charge is -2.11. The van der Waals surface area contributed by atoms with E-state index in [0.29, 0.717) is 12.0 Å². The molecule has 0 saturated heterocycles. The molecule has 0 atom stereocenters. The molecule has 0 N–H and O–H groups in total. The molecule has 0 aliphatic heterocycles. The van der Waals surface area contributed by atoms with Gasteiger partial charge in [0.2, 0.25) is 0 Å². The standard InChI is InChI=1S/C17H21NO5S/c1-13-4-6-15(7-5-13)24(20,21)18-11-10-14(12-18)16(19)8-9-17(22-2)23-3/h4-7,10-12,17H,8-9H2,1-3H3. The van der Waals surface area contributed by atoms with Gasteiger partial charge in [-0.05, 0) is 25.1 Å². The maximum atomic E-state index is 12.6. The molecule has 24 heavy (non-hydrogen) atoms. The minimum Gasteiger partial charge on any atom is -0.356 e. The second-order valence-corrected chi connectivity index (χ2v) is 7.25. The van der Waals surface area contributed by atoms with Crippen LogP contribution in [0.2, 0.25) is 0 Å². The monoisotopic (exact) mass is 351 g/mol. The van der Waals surface area contributed by atoms with Crippen molar-refractivity contribution in [2.75, 3.05) is 14.2 Å². The second-order valence-electron chi connectivity index (χ2n) is 5.41. The number of Topliss-reactive ketones (excluding diaryl/α,β-unsaturated/α-hetero) is 1. The van der Waals surface area contributed by atoms with Gasteiger partial charge in [0, 0.05) is 45.0 Å². The first-order chi connectivity index (χ1) is 11.4. The molecule has 7 heteroatoms. The van der Waals surface area contributed by atoms with Crippen LogP contribution >= 0.6 is 0 Å². The molecule has 6 nitrogen and oxygen atoms in total. The number of methoxy groups -OCH3 is 2. The predicted molar refractivity (Wildman–Crippen MR) is 89.6 cm³/mol. The summed E-state index contributed by atoms with van der Waals surface area (Å²) < 4.78 is 36.2. The highest BCUT2D eigenvalue weighted by atomic mass is 32.2. The highest BCUT2D eigenvalue weighted by Crippen LogP contribution is 2.17. The molecule has 2 rings (SSSR count). The van der Waals surface area contributed by atoms with E-state index in [2.05, 4.69) is 0 Å². The molecule has 1 aromatic heterocycles. The zero-order chi connectivity index (χ0) is 17.7. The van der Waals surface area contributed by atoms with E-state index in [0.717, 1.165) is 9.54 Å².